The molecule has 5 nitrogen and oxygen atoms in total. The maximum absolute atomic E-state index is 12.9. The maximum Gasteiger partial charge on any atom is 0.253 e. The van der Waals surface area contributed by atoms with Gasteiger partial charge in [0.1, 0.15) is 0 Å². The van der Waals surface area contributed by atoms with Gasteiger partial charge < -0.3 is 10.2 Å². The van der Waals surface area contributed by atoms with Gasteiger partial charge in [0, 0.05) is 36.7 Å². The Morgan fingerprint density at radius 3 is 2.21 bits per heavy atom. The molecule has 0 spiro atoms. The molecule has 2 aliphatic rings. The van der Waals surface area contributed by atoms with E-state index in [-0.39, 0.29) is 17.2 Å². The lowest BCUT2D eigenvalue weighted by Gasteiger charge is -2.43. The Morgan fingerprint density at radius 1 is 1.00 bits per heavy atom. The molecule has 0 unspecified atom stereocenters. The summed E-state index contributed by atoms with van der Waals surface area (Å²) in [4.78, 5) is 30.0. The van der Waals surface area contributed by atoms with Crippen LogP contribution in [-0.2, 0) is 10.2 Å². The van der Waals surface area contributed by atoms with Gasteiger partial charge >= 0.3 is 0 Å². The van der Waals surface area contributed by atoms with E-state index in [4.69, 9.17) is 0 Å². The fraction of sp³-hybridized carbons (Fsp3) is 0.500. The van der Waals surface area contributed by atoms with Gasteiger partial charge in [-0.2, -0.15) is 0 Å². The third-order valence-electron chi connectivity index (χ3n) is 7.47. The standard InChI is InChI=1S/C28H37N3O2/c1-2-18-31(25-14-19-30(20-15-25)27(33)23-10-5-3-6-11-23)21-26(32)29-22-28(16-9-17-28)24-12-7-4-8-13-24/h3-8,10-13,25H,2,9,14-22H2,1H3,(H,29,32). The minimum atomic E-state index is 0.107. The molecule has 176 valence electrons. The van der Waals surface area contributed by atoms with Crippen LogP contribution in [-0.4, -0.2) is 60.4 Å². The highest BCUT2D eigenvalue weighted by atomic mass is 16.2. The number of carbonyl (C=O) groups is 2. The Labute approximate surface area is 198 Å². The highest BCUT2D eigenvalue weighted by Crippen LogP contribution is 2.43. The Hall–Kier alpha value is -2.66. The first-order valence-corrected chi connectivity index (χ1v) is 12.5. The number of rotatable bonds is 9. The van der Waals surface area contributed by atoms with Crippen LogP contribution in [0.3, 0.4) is 0 Å². The third kappa shape index (κ3) is 5.64. The van der Waals surface area contributed by atoms with Crippen LogP contribution in [0.25, 0.3) is 0 Å². The van der Waals surface area contributed by atoms with Crippen LogP contribution in [0.1, 0.15) is 61.4 Å². The van der Waals surface area contributed by atoms with Crippen molar-refractivity contribution in [1.82, 2.24) is 15.1 Å². The molecule has 33 heavy (non-hydrogen) atoms. The van der Waals surface area contributed by atoms with Gasteiger partial charge in [-0.1, -0.05) is 61.9 Å². The summed E-state index contributed by atoms with van der Waals surface area (Å²) >= 11 is 0. The molecule has 0 radical (unpaired) electrons. The summed E-state index contributed by atoms with van der Waals surface area (Å²) in [5.74, 6) is 0.231. The van der Waals surface area contributed by atoms with Gasteiger partial charge in [0.2, 0.25) is 5.91 Å². The smallest absolute Gasteiger partial charge is 0.253 e. The van der Waals surface area contributed by atoms with E-state index in [0.717, 1.165) is 63.8 Å². The molecule has 1 saturated heterocycles. The predicted octanol–water partition coefficient (Wildman–Crippen LogP) is 4.24. The van der Waals surface area contributed by atoms with E-state index in [1.807, 2.05) is 35.2 Å². The quantitative estimate of drug-likeness (QED) is 0.626. The van der Waals surface area contributed by atoms with Crippen LogP contribution in [0.5, 0.6) is 0 Å². The fourth-order valence-electron chi connectivity index (χ4n) is 5.35. The number of benzene rings is 2. The molecule has 0 aromatic heterocycles. The Morgan fingerprint density at radius 2 is 1.64 bits per heavy atom. The second kappa shape index (κ2) is 11.0. The molecule has 0 bridgehead atoms. The monoisotopic (exact) mass is 447 g/mol. The zero-order valence-electron chi connectivity index (χ0n) is 19.8. The Kier molecular flexibility index (Phi) is 7.81. The molecule has 2 aromatic rings. The van der Waals surface area contributed by atoms with E-state index in [2.05, 4.69) is 47.5 Å². The van der Waals surface area contributed by atoms with E-state index in [0.29, 0.717) is 12.6 Å². The van der Waals surface area contributed by atoms with Crippen molar-refractivity contribution in [3.63, 3.8) is 0 Å². The molecule has 1 heterocycles. The van der Waals surface area contributed by atoms with Crippen molar-refractivity contribution in [2.24, 2.45) is 0 Å². The average molecular weight is 448 g/mol. The summed E-state index contributed by atoms with van der Waals surface area (Å²) in [5, 5.41) is 3.26. The van der Waals surface area contributed by atoms with Gasteiger partial charge in [-0.25, -0.2) is 0 Å². The molecule has 1 aliphatic heterocycles. The van der Waals surface area contributed by atoms with Gasteiger partial charge in [0.15, 0.2) is 0 Å². The van der Waals surface area contributed by atoms with Crippen molar-refractivity contribution in [3.05, 3.63) is 71.8 Å². The average Bonchev–Trinajstić information content (AvgIpc) is 2.84. The molecule has 2 amide bonds. The van der Waals surface area contributed by atoms with Crippen LogP contribution in [0, 0.1) is 0 Å². The van der Waals surface area contributed by atoms with Crippen molar-refractivity contribution >= 4 is 11.8 Å². The molecule has 2 fully saturated rings. The first-order valence-electron chi connectivity index (χ1n) is 12.5. The van der Waals surface area contributed by atoms with E-state index in [9.17, 15) is 9.59 Å². The van der Waals surface area contributed by atoms with Crippen molar-refractivity contribution in [3.8, 4) is 0 Å². The second-order valence-corrected chi connectivity index (χ2v) is 9.64. The number of nitrogens with one attached hydrogen (secondary N) is 1. The van der Waals surface area contributed by atoms with Crippen molar-refractivity contribution in [1.29, 1.82) is 0 Å². The predicted molar refractivity (Wildman–Crippen MR) is 132 cm³/mol. The molecule has 1 saturated carbocycles. The molecule has 2 aromatic carbocycles. The largest absolute Gasteiger partial charge is 0.354 e. The molecule has 1 N–H and O–H groups in total. The zero-order chi connectivity index (χ0) is 23.1. The summed E-state index contributed by atoms with van der Waals surface area (Å²) in [6.07, 6.45) is 6.37. The lowest BCUT2D eigenvalue weighted by molar-refractivity contribution is -0.123. The summed E-state index contributed by atoms with van der Waals surface area (Å²) < 4.78 is 0. The molecule has 5 heteroatoms. The summed E-state index contributed by atoms with van der Waals surface area (Å²) in [7, 11) is 0. The molecule has 0 atom stereocenters. The number of likely N-dealkylation sites (tertiary alicyclic amines) is 1. The number of piperidine rings is 1. The topological polar surface area (TPSA) is 52.7 Å². The Balaban J connectivity index is 1.29. The summed E-state index contributed by atoms with van der Waals surface area (Å²) in [6, 6.07) is 20.5. The number of hydrogen-bond donors (Lipinski definition) is 1. The van der Waals surface area contributed by atoms with Gasteiger partial charge in [0.05, 0.1) is 6.54 Å². The third-order valence-corrected chi connectivity index (χ3v) is 7.47. The minimum Gasteiger partial charge on any atom is -0.354 e. The zero-order valence-corrected chi connectivity index (χ0v) is 19.8. The maximum atomic E-state index is 12.9. The van der Waals surface area contributed by atoms with Crippen molar-refractivity contribution in [2.45, 2.75) is 56.9 Å². The molecular weight excluding hydrogens is 410 g/mol. The lowest BCUT2D eigenvalue weighted by Crippen LogP contribution is -2.51. The number of nitrogens with zero attached hydrogens (tertiary/aromatic N) is 2. The Bertz CT molecular complexity index is 903. The highest BCUT2D eigenvalue weighted by Gasteiger charge is 2.39. The molecule has 1 aliphatic carbocycles. The molecular formula is C28H37N3O2. The van der Waals surface area contributed by atoms with E-state index in [1.165, 1.54) is 12.0 Å². The van der Waals surface area contributed by atoms with Gasteiger partial charge in [-0.3, -0.25) is 14.5 Å². The van der Waals surface area contributed by atoms with Crippen molar-refractivity contribution < 1.29 is 9.59 Å². The van der Waals surface area contributed by atoms with Gasteiger partial charge in [-0.15, -0.1) is 0 Å². The van der Waals surface area contributed by atoms with Crippen LogP contribution in [0.2, 0.25) is 0 Å². The van der Waals surface area contributed by atoms with Crippen LogP contribution in [0.15, 0.2) is 60.7 Å². The highest BCUT2D eigenvalue weighted by molar-refractivity contribution is 5.94. The van der Waals surface area contributed by atoms with Crippen LogP contribution >= 0.6 is 0 Å². The number of amides is 2. The summed E-state index contributed by atoms with van der Waals surface area (Å²) in [6.45, 7) is 5.73. The van der Waals surface area contributed by atoms with Crippen LogP contribution in [0.4, 0.5) is 0 Å². The SMILES string of the molecule is CCCN(CC(=O)NCC1(c2ccccc2)CCC1)C1CCN(C(=O)c2ccccc2)CC1. The molecule has 4 rings (SSSR count). The van der Waals surface area contributed by atoms with E-state index < -0.39 is 0 Å². The van der Waals surface area contributed by atoms with Gasteiger partial charge in [-0.05, 0) is 56.3 Å². The van der Waals surface area contributed by atoms with Gasteiger partial charge in [0.25, 0.3) is 5.91 Å². The minimum absolute atomic E-state index is 0.107. The fourth-order valence-corrected chi connectivity index (χ4v) is 5.35. The normalized spacial score (nSPS) is 18.1. The first kappa shape index (κ1) is 23.5. The van der Waals surface area contributed by atoms with E-state index >= 15 is 0 Å². The van der Waals surface area contributed by atoms with Crippen LogP contribution < -0.4 is 5.32 Å². The number of hydrogen-bond acceptors (Lipinski definition) is 3. The second-order valence-electron chi connectivity index (χ2n) is 9.64. The first-order chi connectivity index (χ1) is 16.1. The van der Waals surface area contributed by atoms with Crippen molar-refractivity contribution in [2.75, 3.05) is 32.7 Å². The lowest BCUT2D eigenvalue weighted by atomic mass is 9.64. The van der Waals surface area contributed by atoms with E-state index in [1.54, 1.807) is 0 Å². The summed E-state index contributed by atoms with van der Waals surface area (Å²) in [5.41, 5.74) is 2.21. The number of carbonyl (C=O) groups excluding carboxylic acids is 2.